The molecule has 2 N–H and O–H groups in total. The molecule has 0 aliphatic heterocycles. The van der Waals surface area contributed by atoms with Crippen molar-refractivity contribution in [3.8, 4) is 0 Å². The molecular formula is C14H19N7S. The number of hydrogen-bond donors (Lipinski definition) is 2. The van der Waals surface area contributed by atoms with Crippen LogP contribution in [0.1, 0.15) is 18.3 Å². The lowest BCUT2D eigenvalue weighted by molar-refractivity contribution is 0.684. The van der Waals surface area contributed by atoms with E-state index in [1.807, 2.05) is 46.9 Å². The smallest absolute Gasteiger partial charge is 0.193 e. The van der Waals surface area contributed by atoms with Gasteiger partial charge in [0.05, 0.1) is 24.5 Å². The summed E-state index contributed by atoms with van der Waals surface area (Å²) in [5.74, 6) is 0.778. The van der Waals surface area contributed by atoms with E-state index in [9.17, 15) is 0 Å². The van der Waals surface area contributed by atoms with Crippen molar-refractivity contribution in [3.05, 3.63) is 41.4 Å². The van der Waals surface area contributed by atoms with E-state index < -0.39 is 0 Å². The third-order valence-corrected chi connectivity index (χ3v) is 4.02. The van der Waals surface area contributed by atoms with Crippen molar-refractivity contribution in [2.75, 3.05) is 6.54 Å². The van der Waals surface area contributed by atoms with E-state index in [0.29, 0.717) is 13.1 Å². The number of nitrogens with zero attached hydrogens (tertiary/aromatic N) is 5. The summed E-state index contributed by atoms with van der Waals surface area (Å²) in [6.07, 6.45) is 5.81. The number of aliphatic imine (C=N–C) groups is 1. The number of imidazole rings is 1. The van der Waals surface area contributed by atoms with Gasteiger partial charge in [-0.05, 0) is 13.0 Å². The topological polar surface area (TPSA) is 71.5 Å². The van der Waals surface area contributed by atoms with Crippen LogP contribution >= 0.6 is 11.3 Å². The van der Waals surface area contributed by atoms with Crippen LogP contribution in [0.3, 0.4) is 0 Å². The molecule has 116 valence electrons. The highest BCUT2D eigenvalue weighted by Gasteiger charge is 2.04. The van der Waals surface area contributed by atoms with Gasteiger partial charge >= 0.3 is 0 Å². The van der Waals surface area contributed by atoms with Crippen molar-refractivity contribution in [2.24, 2.45) is 12.0 Å². The number of fused-ring (bicyclic) bond motifs is 1. The Labute approximate surface area is 132 Å². The molecule has 0 spiro atoms. The summed E-state index contributed by atoms with van der Waals surface area (Å²) in [4.78, 5) is 10.1. The second kappa shape index (κ2) is 6.61. The molecule has 0 radical (unpaired) electrons. The van der Waals surface area contributed by atoms with Crippen LogP contribution in [-0.4, -0.2) is 31.7 Å². The molecule has 0 aliphatic carbocycles. The van der Waals surface area contributed by atoms with Crippen LogP contribution in [0.15, 0.2) is 35.0 Å². The van der Waals surface area contributed by atoms with Gasteiger partial charge < -0.3 is 10.6 Å². The van der Waals surface area contributed by atoms with Crippen molar-refractivity contribution >= 4 is 22.3 Å². The van der Waals surface area contributed by atoms with E-state index >= 15 is 0 Å². The molecule has 3 heterocycles. The highest BCUT2D eigenvalue weighted by Crippen LogP contribution is 2.11. The first-order valence-corrected chi connectivity index (χ1v) is 8.04. The standard InChI is InChI=1S/C14H19N7S/c1-3-15-13(17-9-12-4-5-18-20(12)2)16-8-11-10-21-6-7-22-14(21)19-11/h4-7,10H,3,8-9H2,1-2H3,(H2,15,16,17). The lowest BCUT2D eigenvalue weighted by Crippen LogP contribution is -2.37. The summed E-state index contributed by atoms with van der Waals surface area (Å²) < 4.78 is 3.87. The lowest BCUT2D eigenvalue weighted by atomic mass is 10.4. The van der Waals surface area contributed by atoms with E-state index in [4.69, 9.17) is 0 Å². The number of guanidine groups is 1. The van der Waals surface area contributed by atoms with Gasteiger partial charge in [0.1, 0.15) is 0 Å². The van der Waals surface area contributed by atoms with E-state index in [1.165, 1.54) is 0 Å². The SMILES string of the molecule is CCNC(=NCc1cn2ccsc2n1)NCc1ccnn1C. The summed E-state index contributed by atoms with van der Waals surface area (Å²) in [5, 5.41) is 12.7. The van der Waals surface area contributed by atoms with Gasteiger partial charge in [0.2, 0.25) is 0 Å². The second-order valence-electron chi connectivity index (χ2n) is 4.82. The zero-order valence-corrected chi connectivity index (χ0v) is 13.5. The molecule has 0 saturated heterocycles. The lowest BCUT2D eigenvalue weighted by Gasteiger charge is -2.11. The fraction of sp³-hybridized carbons (Fsp3) is 0.357. The fourth-order valence-electron chi connectivity index (χ4n) is 2.10. The van der Waals surface area contributed by atoms with Crippen molar-refractivity contribution in [2.45, 2.75) is 20.0 Å². The third kappa shape index (κ3) is 3.28. The van der Waals surface area contributed by atoms with E-state index in [2.05, 4.69) is 25.7 Å². The molecule has 22 heavy (non-hydrogen) atoms. The van der Waals surface area contributed by atoms with Crippen molar-refractivity contribution in [3.63, 3.8) is 0 Å². The summed E-state index contributed by atoms with van der Waals surface area (Å²) >= 11 is 1.63. The second-order valence-corrected chi connectivity index (χ2v) is 5.69. The first kappa shape index (κ1) is 14.6. The van der Waals surface area contributed by atoms with Crippen LogP contribution < -0.4 is 10.6 Å². The zero-order chi connectivity index (χ0) is 15.4. The quantitative estimate of drug-likeness (QED) is 0.551. The minimum Gasteiger partial charge on any atom is -0.357 e. The molecule has 7 nitrogen and oxygen atoms in total. The Kier molecular flexibility index (Phi) is 4.38. The molecule has 0 fully saturated rings. The van der Waals surface area contributed by atoms with E-state index in [0.717, 1.165) is 28.9 Å². The summed E-state index contributed by atoms with van der Waals surface area (Å²) in [6.45, 7) is 4.10. The summed E-state index contributed by atoms with van der Waals surface area (Å²) in [6, 6.07) is 1.99. The maximum atomic E-state index is 4.58. The van der Waals surface area contributed by atoms with Crippen LogP contribution in [0.4, 0.5) is 0 Å². The minimum absolute atomic E-state index is 0.551. The van der Waals surface area contributed by atoms with Gasteiger partial charge in [-0.3, -0.25) is 9.08 Å². The molecule has 0 amide bonds. The molecule has 3 rings (SSSR count). The number of nitrogens with one attached hydrogen (secondary N) is 2. The molecule has 0 unspecified atom stereocenters. The number of thiazole rings is 1. The fourth-order valence-corrected chi connectivity index (χ4v) is 2.82. The van der Waals surface area contributed by atoms with Gasteiger partial charge in [0, 0.05) is 37.6 Å². The Morgan fingerprint density at radius 2 is 2.32 bits per heavy atom. The van der Waals surface area contributed by atoms with E-state index in [1.54, 1.807) is 17.5 Å². The van der Waals surface area contributed by atoms with Gasteiger partial charge in [-0.15, -0.1) is 11.3 Å². The van der Waals surface area contributed by atoms with Gasteiger partial charge in [-0.1, -0.05) is 0 Å². The van der Waals surface area contributed by atoms with Crippen LogP contribution in [0.25, 0.3) is 4.96 Å². The third-order valence-electron chi connectivity index (χ3n) is 3.25. The molecule has 3 aromatic rings. The average Bonchev–Trinajstić information content (AvgIpc) is 3.18. The average molecular weight is 317 g/mol. The normalized spacial score (nSPS) is 12.0. The van der Waals surface area contributed by atoms with Crippen LogP contribution in [-0.2, 0) is 20.1 Å². The van der Waals surface area contributed by atoms with Crippen LogP contribution in [0, 0.1) is 0 Å². The molecular weight excluding hydrogens is 298 g/mol. The van der Waals surface area contributed by atoms with Crippen molar-refractivity contribution in [1.29, 1.82) is 0 Å². The Bertz CT molecular complexity index is 738. The zero-order valence-electron chi connectivity index (χ0n) is 12.7. The highest BCUT2D eigenvalue weighted by molar-refractivity contribution is 7.15. The molecule has 0 aliphatic rings. The van der Waals surface area contributed by atoms with Gasteiger partial charge in [-0.2, -0.15) is 5.10 Å². The number of hydrogen-bond acceptors (Lipinski definition) is 4. The summed E-state index contributed by atoms with van der Waals surface area (Å²) in [7, 11) is 1.93. The van der Waals surface area contributed by atoms with Crippen LogP contribution in [0.5, 0.6) is 0 Å². The monoisotopic (exact) mass is 317 g/mol. The van der Waals surface area contributed by atoms with Gasteiger partial charge in [-0.25, -0.2) is 9.98 Å². The molecule has 0 aromatic carbocycles. The molecule has 8 heteroatoms. The molecule has 0 atom stereocenters. The molecule has 3 aromatic heterocycles. The number of aryl methyl sites for hydroxylation is 1. The number of rotatable bonds is 5. The molecule has 0 bridgehead atoms. The van der Waals surface area contributed by atoms with Crippen molar-refractivity contribution in [1.82, 2.24) is 29.8 Å². The minimum atomic E-state index is 0.551. The Morgan fingerprint density at radius 3 is 3.05 bits per heavy atom. The maximum absolute atomic E-state index is 4.58. The largest absolute Gasteiger partial charge is 0.357 e. The van der Waals surface area contributed by atoms with Gasteiger partial charge in [0.15, 0.2) is 10.9 Å². The van der Waals surface area contributed by atoms with E-state index in [-0.39, 0.29) is 0 Å². The Balaban J connectivity index is 1.64. The highest BCUT2D eigenvalue weighted by atomic mass is 32.1. The van der Waals surface area contributed by atoms with Gasteiger partial charge in [0.25, 0.3) is 0 Å². The summed E-state index contributed by atoms with van der Waals surface area (Å²) in [5.41, 5.74) is 2.07. The number of aromatic nitrogens is 4. The van der Waals surface area contributed by atoms with Crippen LogP contribution in [0.2, 0.25) is 0 Å². The first-order valence-electron chi connectivity index (χ1n) is 7.16. The molecule has 0 saturated carbocycles. The van der Waals surface area contributed by atoms with Crippen molar-refractivity contribution < 1.29 is 0 Å². The Morgan fingerprint density at radius 1 is 1.41 bits per heavy atom. The predicted octanol–water partition coefficient (Wildman–Crippen LogP) is 1.38. The maximum Gasteiger partial charge on any atom is 0.193 e. The first-order chi connectivity index (χ1) is 10.8. The Hall–Kier alpha value is -2.35. The predicted molar refractivity (Wildman–Crippen MR) is 87.9 cm³/mol.